The third-order valence-corrected chi connectivity index (χ3v) is 13.8. The fourth-order valence-corrected chi connectivity index (χ4v) is 9.83. The maximum atomic E-state index is 13.8. The van der Waals surface area contributed by atoms with Crippen molar-refractivity contribution in [3.8, 4) is 0 Å². The number of allylic oxidation sites excluding steroid dienone is 2. The molecule has 0 saturated carbocycles. The lowest BCUT2D eigenvalue weighted by Gasteiger charge is -2.41. The Labute approximate surface area is 408 Å². The molecule has 0 radical (unpaired) electrons. The van der Waals surface area contributed by atoms with Crippen LogP contribution in [0.3, 0.4) is 0 Å². The highest BCUT2D eigenvalue weighted by molar-refractivity contribution is 7.47. The number of fused-ring (bicyclic) bond motifs is 4. The monoisotopic (exact) mass is 1030 g/mol. The van der Waals surface area contributed by atoms with Gasteiger partial charge < -0.3 is 64.6 Å². The fourth-order valence-electron chi connectivity index (χ4n) is 8.30. The number of hydrogen-bond donors (Lipinski definition) is 10. The van der Waals surface area contributed by atoms with Crippen LogP contribution in [-0.2, 0) is 46.5 Å². The van der Waals surface area contributed by atoms with E-state index in [0.29, 0.717) is 12.8 Å². The van der Waals surface area contributed by atoms with Crippen LogP contribution >= 0.6 is 15.6 Å². The molecule has 2 heterocycles. The number of unbranched alkanes of at least 4 members (excludes halogenated alkanes) is 16. The first-order valence-corrected chi connectivity index (χ1v) is 28.3. The minimum absolute atomic E-state index is 0.0338. The molecule has 1 fully saturated rings. The molecule has 0 amide bonds. The second-order valence-electron chi connectivity index (χ2n) is 18.4. The molecule has 2 bridgehead atoms. The smallest absolute Gasteiger partial charge is 0.462 e. The summed E-state index contributed by atoms with van der Waals surface area (Å²) < 4.78 is 57.9. The molecule has 10 N–H and O–H groups in total. The van der Waals surface area contributed by atoms with Gasteiger partial charge in [0.05, 0.1) is 24.9 Å². The molecule has 1 saturated heterocycles. The Balaban J connectivity index is 2.35. The zero-order chi connectivity index (χ0) is 51.2. The number of carbonyl (C=O) groups excluding carboxylic acids is 2. The fraction of sp³-hybridized carbons (Fsp3) is 0.872. The molecule has 0 aromatic heterocycles. The van der Waals surface area contributed by atoms with E-state index in [1.165, 1.54) is 63.9 Å². The molecule has 404 valence electrons. The molecular weight excluding hydrogens is 946 g/mol. The summed E-state index contributed by atoms with van der Waals surface area (Å²) in [7, 11) is -11.5. The van der Waals surface area contributed by atoms with E-state index >= 15 is 0 Å². The van der Waals surface area contributed by atoms with E-state index in [9.17, 15) is 69.1 Å². The summed E-state index contributed by atoms with van der Waals surface area (Å²) in [6.07, 6.45) is 0.506. The van der Waals surface area contributed by atoms with E-state index in [0.717, 1.165) is 57.1 Å². The van der Waals surface area contributed by atoms with Crippen LogP contribution < -0.4 is 0 Å². The molecule has 22 heteroatoms. The van der Waals surface area contributed by atoms with Gasteiger partial charge in [0.1, 0.15) is 43.2 Å². The SMILES string of the molecule is CCCCCCCCCCCCCCCCCC(=O)O[C@@H]1COC(=O)CCCC=CC[C@@H]2[C@@H](O)[C@H](O)[C@@H](O)[C@H](OP(=O)(O)OC1)[C@H](OP(=O)(O)O)[C@H](O)[C@@H](/C=C/[C@@H](O)CCCCC)OC(O)C[C@@H]2O. The first-order valence-electron chi connectivity index (χ1n) is 25.3. The highest BCUT2D eigenvalue weighted by atomic mass is 31.2. The van der Waals surface area contributed by atoms with Gasteiger partial charge in [0.2, 0.25) is 0 Å². The van der Waals surface area contributed by atoms with Crippen LogP contribution in [0.1, 0.15) is 174 Å². The average Bonchev–Trinajstić information content (AvgIpc) is 3.29. The van der Waals surface area contributed by atoms with Gasteiger partial charge in [-0.1, -0.05) is 147 Å². The summed E-state index contributed by atoms with van der Waals surface area (Å²) in [5.74, 6) is -2.87. The van der Waals surface area contributed by atoms with Gasteiger partial charge in [-0.25, -0.2) is 9.13 Å². The predicted octanol–water partition coefficient (Wildman–Crippen LogP) is 5.84. The van der Waals surface area contributed by atoms with Crippen LogP contribution in [0.25, 0.3) is 0 Å². The molecule has 2 unspecified atom stereocenters. The number of phosphoric ester groups is 2. The predicted molar refractivity (Wildman–Crippen MR) is 254 cm³/mol. The number of phosphoric acid groups is 2. The molecule has 13 atom stereocenters. The second-order valence-corrected chi connectivity index (χ2v) is 21.0. The van der Waals surface area contributed by atoms with Gasteiger partial charge in [-0.05, 0) is 32.1 Å². The third kappa shape index (κ3) is 27.8. The van der Waals surface area contributed by atoms with Crippen LogP contribution in [0.15, 0.2) is 24.3 Å². The Morgan fingerprint density at radius 2 is 1.39 bits per heavy atom. The minimum atomic E-state index is -5.79. The molecule has 0 aromatic rings. The molecular formula is C47H86O20P2. The lowest BCUT2D eigenvalue weighted by Crippen LogP contribution is -2.58. The Kier molecular flexibility index (Phi) is 32.6. The molecule has 20 nitrogen and oxygen atoms in total. The van der Waals surface area contributed by atoms with E-state index in [2.05, 4.69) is 6.92 Å². The first kappa shape index (κ1) is 63.4. The van der Waals surface area contributed by atoms with Gasteiger partial charge >= 0.3 is 27.6 Å². The zero-order valence-electron chi connectivity index (χ0n) is 40.8. The molecule has 2 rings (SSSR count). The normalized spacial score (nSPS) is 31.3. The second kappa shape index (κ2) is 35.5. The van der Waals surface area contributed by atoms with Crippen molar-refractivity contribution < 1.29 is 96.9 Å². The highest BCUT2D eigenvalue weighted by Crippen LogP contribution is 2.49. The summed E-state index contributed by atoms with van der Waals surface area (Å²) in [5, 5.41) is 79.1. The first-order chi connectivity index (χ1) is 32.8. The van der Waals surface area contributed by atoms with Crippen LogP contribution in [-0.4, -0.2) is 143 Å². The van der Waals surface area contributed by atoms with Crippen molar-refractivity contribution >= 4 is 27.6 Å². The van der Waals surface area contributed by atoms with Crippen LogP contribution in [0.5, 0.6) is 0 Å². The largest absolute Gasteiger partial charge is 0.472 e. The Bertz CT molecular complexity index is 1550. The number of cyclic esters (lactones) is 1. The number of rotatable bonds is 25. The number of carbonyl (C=O) groups is 2. The average molecular weight is 1030 g/mol. The summed E-state index contributed by atoms with van der Waals surface area (Å²) in [6, 6.07) is 0. The van der Waals surface area contributed by atoms with Gasteiger partial charge in [-0.3, -0.25) is 23.2 Å². The topological polar surface area (TPSA) is 326 Å². The third-order valence-electron chi connectivity index (χ3n) is 12.3. The van der Waals surface area contributed by atoms with Gasteiger partial charge in [-0.15, -0.1) is 0 Å². The van der Waals surface area contributed by atoms with Crippen molar-refractivity contribution in [1.82, 2.24) is 0 Å². The number of ether oxygens (including phenoxy) is 3. The van der Waals surface area contributed by atoms with E-state index in [1.54, 1.807) is 6.08 Å². The van der Waals surface area contributed by atoms with E-state index < -0.39 is 120 Å². The maximum absolute atomic E-state index is 13.8. The lowest BCUT2D eigenvalue weighted by atomic mass is 9.83. The van der Waals surface area contributed by atoms with Crippen LogP contribution in [0.4, 0.5) is 0 Å². The zero-order valence-corrected chi connectivity index (χ0v) is 42.6. The van der Waals surface area contributed by atoms with Gasteiger partial charge in [0.25, 0.3) is 0 Å². The molecule has 0 aromatic carbocycles. The number of aliphatic hydroxyl groups excluding tert-OH is 7. The van der Waals surface area contributed by atoms with Crippen molar-refractivity contribution in [2.45, 2.75) is 242 Å². The summed E-state index contributed by atoms with van der Waals surface area (Å²) >= 11 is 0. The summed E-state index contributed by atoms with van der Waals surface area (Å²) in [5.41, 5.74) is 0. The van der Waals surface area contributed by atoms with E-state index in [1.807, 2.05) is 6.92 Å². The summed E-state index contributed by atoms with van der Waals surface area (Å²) in [4.78, 5) is 56.8. The van der Waals surface area contributed by atoms with E-state index in [4.69, 9.17) is 27.8 Å². The van der Waals surface area contributed by atoms with Crippen molar-refractivity contribution in [3.05, 3.63) is 24.3 Å². The van der Waals surface area contributed by atoms with Crippen molar-refractivity contribution in [1.29, 1.82) is 0 Å². The van der Waals surface area contributed by atoms with Crippen molar-refractivity contribution in [3.63, 3.8) is 0 Å². The molecule has 2 aliphatic rings. The van der Waals surface area contributed by atoms with Crippen LogP contribution in [0, 0.1) is 5.92 Å². The number of aliphatic hydroxyl groups is 7. The Hall–Kier alpha value is -1.68. The van der Waals surface area contributed by atoms with Gasteiger partial charge in [0, 0.05) is 25.2 Å². The molecule has 0 aliphatic carbocycles. The number of hydrogen-bond acceptors (Lipinski definition) is 17. The minimum Gasteiger partial charge on any atom is -0.462 e. The quantitative estimate of drug-likeness (QED) is 0.0222. The lowest BCUT2D eigenvalue weighted by molar-refractivity contribution is -0.210. The van der Waals surface area contributed by atoms with Crippen molar-refractivity contribution in [2.75, 3.05) is 13.2 Å². The number of esters is 2. The Morgan fingerprint density at radius 3 is 1.99 bits per heavy atom. The van der Waals surface area contributed by atoms with Gasteiger partial charge in [0.15, 0.2) is 12.4 Å². The van der Waals surface area contributed by atoms with Crippen molar-refractivity contribution in [2.24, 2.45) is 5.92 Å². The maximum Gasteiger partial charge on any atom is 0.472 e. The molecule has 69 heavy (non-hydrogen) atoms. The molecule has 0 spiro atoms. The Morgan fingerprint density at radius 1 is 0.812 bits per heavy atom. The summed E-state index contributed by atoms with van der Waals surface area (Å²) in [6.45, 7) is 2.54. The standard InChI is InChI=1S/C47H86O20P2/c1-3-5-7-8-9-10-11-12-13-14-15-16-17-18-24-28-40(51)64-35-32-62-39(50)27-23-20-19-22-26-36-37(49)31-41(52)65-38(30-29-34(48)25-21-6-4-2)43(54)46(66-68(57,58)59)47(45(56)44(55)42(36)53)67-69(60,61)63-33-35/h19,22,29-30,34-38,41-49,52-56H,3-18,20-21,23-28,31-33H2,1-2H3,(H,60,61)(H2,57,58,59)/b22-19?,30-29+/t34-,35+,36-,37-,38+,41?,42+,43+,44-,45+,46+,47-/m0/s1. The van der Waals surface area contributed by atoms with E-state index in [-0.39, 0.29) is 38.5 Å². The van der Waals surface area contributed by atoms with Crippen LogP contribution in [0.2, 0.25) is 0 Å². The van der Waals surface area contributed by atoms with Gasteiger partial charge in [-0.2, -0.15) is 0 Å². The highest BCUT2D eigenvalue weighted by Gasteiger charge is 2.50. The molecule has 2 aliphatic heterocycles.